The lowest BCUT2D eigenvalue weighted by Gasteiger charge is -2.05. The van der Waals surface area contributed by atoms with Gasteiger partial charge in [0.25, 0.3) is 0 Å². The van der Waals surface area contributed by atoms with Gasteiger partial charge in [0, 0.05) is 18.3 Å². The number of benzene rings is 1. The summed E-state index contributed by atoms with van der Waals surface area (Å²) < 4.78 is 30.3. The van der Waals surface area contributed by atoms with Crippen LogP contribution >= 0.6 is 0 Å². The monoisotopic (exact) mass is 253 g/mol. The van der Waals surface area contributed by atoms with Gasteiger partial charge in [0.2, 0.25) is 0 Å². The van der Waals surface area contributed by atoms with E-state index in [1.807, 2.05) is 6.92 Å². The van der Waals surface area contributed by atoms with E-state index in [4.69, 9.17) is 5.73 Å². The number of hydrogen-bond acceptors (Lipinski definition) is 3. The molecule has 0 aliphatic rings. The highest BCUT2D eigenvalue weighted by atomic mass is 19.3. The lowest BCUT2D eigenvalue weighted by atomic mass is 10.1. The molecular formula is C12H13F2N3O. The van der Waals surface area contributed by atoms with Gasteiger partial charge in [0.15, 0.2) is 0 Å². The third kappa shape index (κ3) is 2.58. The molecule has 0 radical (unpaired) electrons. The molecule has 0 amide bonds. The average Bonchev–Trinajstić information content (AvgIpc) is 2.70. The molecule has 0 fully saturated rings. The van der Waals surface area contributed by atoms with Crippen LogP contribution in [0.5, 0.6) is 5.75 Å². The third-order valence-corrected chi connectivity index (χ3v) is 2.45. The number of halogens is 2. The molecule has 1 aromatic heterocycles. The first kappa shape index (κ1) is 12.3. The molecule has 1 aromatic carbocycles. The van der Waals surface area contributed by atoms with Gasteiger partial charge in [-0.15, -0.1) is 0 Å². The van der Waals surface area contributed by atoms with Crippen LogP contribution in [0, 0.1) is 0 Å². The summed E-state index contributed by atoms with van der Waals surface area (Å²) >= 11 is 0. The topological polar surface area (TPSA) is 53.1 Å². The van der Waals surface area contributed by atoms with Gasteiger partial charge < -0.3 is 10.5 Å². The Morgan fingerprint density at radius 1 is 1.44 bits per heavy atom. The molecule has 18 heavy (non-hydrogen) atoms. The zero-order valence-corrected chi connectivity index (χ0v) is 9.81. The number of nitrogens with two attached hydrogens (primary N) is 1. The molecule has 0 spiro atoms. The van der Waals surface area contributed by atoms with Gasteiger partial charge >= 0.3 is 6.61 Å². The minimum Gasteiger partial charge on any atom is -0.435 e. The molecule has 0 unspecified atom stereocenters. The highest BCUT2D eigenvalue weighted by Gasteiger charge is 2.10. The Hall–Kier alpha value is -2.11. The summed E-state index contributed by atoms with van der Waals surface area (Å²) in [6.45, 7) is -0.213. The number of aryl methyl sites for hydroxylation is 1. The minimum atomic E-state index is -2.84. The maximum atomic E-state index is 12.1. The zero-order chi connectivity index (χ0) is 13.1. The fourth-order valence-electron chi connectivity index (χ4n) is 1.64. The van der Waals surface area contributed by atoms with E-state index in [1.165, 1.54) is 12.1 Å². The Morgan fingerprint density at radius 2 is 2.22 bits per heavy atom. The van der Waals surface area contributed by atoms with Crippen molar-refractivity contribution in [3.63, 3.8) is 0 Å². The van der Waals surface area contributed by atoms with Crippen molar-refractivity contribution in [1.29, 1.82) is 0 Å². The molecule has 2 N–H and O–H groups in total. The van der Waals surface area contributed by atoms with Crippen molar-refractivity contribution in [2.24, 2.45) is 0 Å². The van der Waals surface area contributed by atoms with Crippen molar-refractivity contribution in [2.75, 3.05) is 5.73 Å². The molecule has 0 saturated heterocycles. The maximum absolute atomic E-state index is 12.1. The largest absolute Gasteiger partial charge is 0.435 e. The first-order valence-electron chi connectivity index (χ1n) is 5.48. The van der Waals surface area contributed by atoms with Crippen LogP contribution in [0.4, 0.5) is 14.5 Å². The molecule has 2 rings (SSSR count). The van der Waals surface area contributed by atoms with Gasteiger partial charge in [0.1, 0.15) is 11.4 Å². The number of nitrogen functional groups attached to an aromatic ring is 1. The van der Waals surface area contributed by atoms with E-state index in [1.54, 1.807) is 23.0 Å². The van der Waals surface area contributed by atoms with E-state index < -0.39 is 6.61 Å². The van der Waals surface area contributed by atoms with Crippen molar-refractivity contribution in [3.05, 3.63) is 30.5 Å². The summed E-state index contributed by atoms with van der Waals surface area (Å²) in [5.74, 6) is 0.0907. The molecule has 6 heteroatoms. The zero-order valence-electron chi connectivity index (χ0n) is 9.81. The number of ether oxygens (including phenoxy) is 1. The van der Waals surface area contributed by atoms with Crippen molar-refractivity contribution in [3.8, 4) is 17.0 Å². The predicted molar refractivity (Wildman–Crippen MR) is 64.4 cm³/mol. The van der Waals surface area contributed by atoms with Crippen molar-refractivity contribution < 1.29 is 13.5 Å². The Bertz CT molecular complexity index is 540. The summed E-state index contributed by atoms with van der Waals surface area (Å²) in [6, 6.07) is 6.32. The molecule has 2 aromatic rings. The van der Waals surface area contributed by atoms with E-state index in [0.717, 1.165) is 0 Å². The first-order valence-corrected chi connectivity index (χ1v) is 5.48. The number of hydrogen-bond donors (Lipinski definition) is 1. The molecule has 0 aliphatic carbocycles. The predicted octanol–water partition coefficient (Wildman–Crippen LogP) is 2.75. The fraction of sp³-hybridized carbons (Fsp3) is 0.250. The van der Waals surface area contributed by atoms with Gasteiger partial charge in [-0.1, -0.05) is 12.1 Å². The molecule has 1 heterocycles. The third-order valence-electron chi connectivity index (χ3n) is 2.45. The highest BCUT2D eigenvalue weighted by Crippen LogP contribution is 2.27. The summed E-state index contributed by atoms with van der Waals surface area (Å²) in [4.78, 5) is 0. The Labute approximate surface area is 103 Å². The second-order valence-electron chi connectivity index (χ2n) is 3.70. The first-order chi connectivity index (χ1) is 8.60. The Morgan fingerprint density at radius 3 is 2.83 bits per heavy atom. The summed E-state index contributed by atoms with van der Waals surface area (Å²) in [6.07, 6.45) is 1.70. The SMILES string of the molecule is CCn1cc(N)c(-c2cccc(OC(F)F)c2)n1. The van der Waals surface area contributed by atoms with Crippen LogP contribution in [-0.2, 0) is 6.54 Å². The number of anilines is 1. The summed E-state index contributed by atoms with van der Waals surface area (Å²) in [5.41, 5.74) is 7.55. The van der Waals surface area contributed by atoms with Gasteiger partial charge in [-0.05, 0) is 19.1 Å². The van der Waals surface area contributed by atoms with Crippen LogP contribution < -0.4 is 10.5 Å². The summed E-state index contributed by atoms with van der Waals surface area (Å²) in [7, 11) is 0. The van der Waals surface area contributed by atoms with Crippen LogP contribution in [0.1, 0.15) is 6.92 Å². The lowest BCUT2D eigenvalue weighted by molar-refractivity contribution is -0.0498. The number of rotatable bonds is 4. The van der Waals surface area contributed by atoms with Crippen LogP contribution in [0.2, 0.25) is 0 Å². The average molecular weight is 253 g/mol. The molecule has 4 nitrogen and oxygen atoms in total. The Kier molecular flexibility index (Phi) is 3.45. The van der Waals surface area contributed by atoms with E-state index in [2.05, 4.69) is 9.84 Å². The normalized spacial score (nSPS) is 10.9. The van der Waals surface area contributed by atoms with E-state index in [0.29, 0.717) is 23.5 Å². The molecule has 0 aliphatic heterocycles. The van der Waals surface area contributed by atoms with E-state index >= 15 is 0 Å². The number of aromatic nitrogens is 2. The van der Waals surface area contributed by atoms with Gasteiger partial charge in [-0.25, -0.2) is 0 Å². The molecule has 0 bridgehead atoms. The maximum Gasteiger partial charge on any atom is 0.387 e. The Balaban J connectivity index is 2.34. The van der Waals surface area contributed by atoms with Crippen molar-refractivity contribution in [1.82, 2.24) is 9.78 Å². The second kappa shape index (κ2) is 5.03. The van der Waals surface area contributed by atoms with Gasteiger partial charge in [-0.3, -0.25) is 4.68 Å². The quantitative estimate of drug-likeness (QED) is 0.911. The van der Waals surface area contributed by atoms with Gasteiger partial charge in [0.05, 0.1) is 5.69 Å². The van der Waals surface area contributed by atoms with Crippen molar-refractivity contribution in [2.45, 2.75) is 20.1 Å². The summed E-state index contributed by atoms with van der Waals surface area (Å²) in [5, 5.41) is 4.27. The smallest absolute Gasteiger partial charge is 0.387 e. The molecule has 0 atom stereocenters. The molecule has 0 saturated carbocycles. The lowest BCUT2D eigenvalue weighted by Crippen LogP contribution is -2.01. The standard InChI is InChI=1S/C12H13F2N3O/c1-2-17-7-10(15)11(16-17)8-4-3-5-9(6-8)18-12(13)14/h3-7,12H,2,15H2,1H3. The van der Waals surface area contributed by atoms with Crippen LogP contribution in [0.25, 0.3) is 11.3 Å². The van der Waals surface area contributed by atoms with E-state index in [-0.39, 0.29) is 5.75 Å². The number of alkyl halides is 2. The minimum absolute atomic E-state index is 0.0907. The molecule has 96 valence electrons. The molecular weight excluding hydrogens is 240 g/mol. The second-order valence-corrected chi connectivity index (χ2v) is 3.70. The van der Waals surface area contributed by atoms with Crippen molar-refractivity contribution >= 4 is 5.69 Å². The fourth-order valence-corrected chi connectivity index (χ4v) is 1.64. The van der Waals surface area contributed by atoms with Crippen LogP contribution in [0.15, 0.2) is 30.5 Å². The number of nitrogens with zero attached hydrogens (tertiary/aromatic N) is 2. The van der Waals surface area contributed by atoms with Crippen LogP contribution in [-0.4, -0.2) is 16.4 Å². The van der Waals surface area contributed by atoms with E-state index in [9.17, 15) is 8.78 Å². The van der Waals surface area contributed by atoms with Gasteiger partial charge in [-0.2, -0.15) is 13.9 Å². The highest BCUT2D eigenvalue weighted by molar-refractivity contribution is 5.72. The van der Waals surface area contributed by atoms with Crippen LogP contribution in [0.3, 0.4) is 0 Å².